The first-order valence-electron chi connectivity index (χ1n) is 9.60. The van der Waals surface area contributed by atoms with Gasteiger partial charge in [0.15, 0.2) is 5.76 Å². The third-order valence-electron chi connectivity index (χ3n) is 5.66. The average molecular weight is 423 g/mol. The van der Waals surface area contributed by atoms with Gasteiger partial charge in [-0.15, -0.1) is 0 Å². The molecule has 0 radical (unpaired) electrons. The Morgan fingerprint density at radius 2 is 1.90 bits per heavy atom. The number of fused-ring (bicyclic) bond motifs is 4. The summed E-state index contributed by atoms with van der Waals surface area (Å²) in [5.74, 6) is -5.33. The third kappa shape index (κ3) is 3.41. The van der Waals surface area contributed by atoms with Crippen LogP contribution in [0.2, 0.25) is 0 Å². The molecule has 2 unspecified atom stereocenters. The molecule has 0 aliphatic carbocycles. The minimum Gasteiger partial charge on any atom is -0.507 e. The van der Waals surface area contributed by atoms with Gasteiger partial charge in [0.1, 0.15) is 29.3 Å². The van der Waals surface area contributed by atoms with Gasteiger partial charge in [-0.05, 0) is 19.3 Å². The molecule has 2 atom stereocenters. The first kappa shape index (κ1) is 20.3. The number of amides is 2. The third-order valence-corrected chi connectivity index (χ3v) is 5.66. The van der Waals surface area contributed by atoms with E-state index in [2.05, 4.69) is 5.32 Å². The highest BCUT2D eigenvalue weighted by atomic mass is 19.1. The molecule has 0 spiro atoms. The van der Waals surface area contributed by atoms with Crippen LogP contribution in [0.4, 0.5) is 13.2 Å². The highest BCUT2D eigenvalue weighted by Gasteiger charge is 2.43. The summed E-state index contributed by atoms with van der Waals surface area (Å²) < 4.78 is 40.6. The lowest BCUT2D eigenvalue weighted by molar-refractivity contribution is -0.133. The SMILES string of the molecule is O=C(NCc1c(F)cc(F)cc1F)C1=CN2C(=C(O)C1O)C(=O)N1CCCCC2C1. The van der Waals surface area contributed by atoms with Crippen molar-refractivity contribution in [3.63, 3.8) is 0 Å². The standard InChI is InChI=1S/C20H20F3N3O4/c21-10-5-14(22)12(15(23)6-10)7-24-19(29)13-9-26-11-3-1-2-4-25(8-11)20(30)16(26)18(28)17(13)27/h5-6,9,11,17,27-28H,1-4,7-8H2,(H,24,29). The zero-order valence-corrected chi connectivity index (χ0v) is 15.9. The molecule has 1 aromatic carbocycles. The molecule has 2 amide bonds. The van der Waals surface area contributed by atoms with E-state index in [1.807, 2.05) is 0 Å². The predicted octanol–water partition coefficient (Wildman–Crippen LogP) is 1.44. The van der Waals surface area contributed by atoms with Crippen molar-refractivity contribution in [3.05, 3.63) is 58.4 Å². The Morgan fingerprint density at radius 1 is 1.20 bits per heavy atom. The summed E-state index contributed by atoms with van der Waals surface area (Å²) in [6, 6.07) is 0.832. The largest absolute Gasteiger partial charge is 0.507 e. The Bertz CT molecular complexity index is 955. The minimum absolute atomic E-state index is 0.0622. The summed E-state index contributed by atoms with van der Waals surface area (Å²) in [4.78, 5) is 28.4. The van der Waals surface area contributed by atoms with Crippen molar-refractivity contribution in [2.75, 3.05) is 13.1 Å². The molecule has 2 saturated heterocycles. The second-order valence-electron chi connectivity index (χ2n) is 7.56. The molecule has 30 heavy (non-hydrogen) atoms. The lowest BCUT2D eigenvalue weighted by Crippen LogP contribution is -2.54. The number of hydrogen-bond acceptors (Lipinski definition) is 5. The van der Waals surface area contributed by atoms with Crippen LogP contribution < -0.4 is 5.32 Å². The number of rotatable bonds is 3. The number of hydrogen-bond donors (Lipinski definition) is 3. The van der Waals surface area contributed by atoms with E-state index in [1.165, 1.54) is 11.1 Å². The summed E-state index contributed by atoms with van der Waals surface area (Å²) in [5, 5.41) is 23.2. The fraction of sp³-hybridized carbons (Fsp3) is 0.400. The first-order valence-corrected chi connectivity index (χ1v) is 9.60. The molecule has 10 heteroatoms. The van der Waals surface area contributed by atoms with E-state index in [9.17, 15) is 33.0 Å². The van der Waals surface area contributed by atoms with E-state index >= 15 is 0 Å². The molecule has 2 fully saturated rings. The Labute approximate surface area is 170 Å². The van der Waals surface area contributed by atoms with Gasteiger partial charge in [0, 0.05) is 43.5 Å². The van der Waals surface area contributed by atoms with Crippen LogP contribution >= 0.6 is 0 Å². The van der Waals surface area contributed by atoms with Crippen molar-refractivity contribution in [3.8, 4) is 0 Å². The van der Waals surface area contributed by atoms with Crippen molar-refractivity contribution in [2.45, 2.75) is 38.0 Å². The first-order chi connectivity index (χ1) is 14.3. The molecule has 1 aromatic rings. The Morgan fingerprint density at radius 3 is 2.60 bits per heavy atom. The molecule has 3 aliphatic rings. The van der Waals surface area contributed by atoms with Crippen LogP contribution in [0.25, 0.3) is 0 Å². The maximum Gasteiger partial charge on any atom is 0.274 e. The van der Waals surface area contributed by atoms with Crippen LogP contribution in [0.1, 0.15) is 24.8 Å². The number of carbonyl (C=O) groups excluding carboxylic acids is 2. The van der Waals surface area contributed by atoms with Gasteiger partial charge in [-0.25, -0.2) is 13.2 Å². The van der Waals surface area contributed by atoms with Gasteiger partial charge >= 0.3 is 0 Å². The molecule has 3 heterocycles. The maximum absolute atomic E-state index is 13.8. The van der Waals surface area contributed by atoms with Crippen LogP contribution in [-0.4, -0.2) is 57.1 Å². The van der Waals surface area contributed by atoms with Gasteiger partial charge in [0.2, 0.25) is 0 Å². The van der Waals surface area contributed by atoms with E-state index in [0.717, 1.165) is 19.3 Å². The topological polar surface area (TPSA) is 93.1 Å². The molecule has 7 nitrogen and oxygen atoms in total. The fourth-order valence-corrected chi connectivity index (χ4v) is 4.08. The lowest BCUT2D eigenvalue weighted by atomic mass is 9.97. The predicted molar refractivity (Wildman–Crippen MR) is 98.0 cm³/mol. The maximum atomic E-state index is 13.8. The van der Waals surface area contributed by atoms with E-state index in [-0.39, 0.29) is 17.3 Å². The van der Waals surface area contributed by atoms with Gasteiger partial charge in [-0.2, -0.15) is 0 Å². The Hall–Kier alpha value is -3.01. The van der Waals surface area contributed by atoms with Crippen molar-refractivity contribution in [1.82, 2.24) is 15.1 Å². The summed E-state index contributed by atoms with van der Waals surface area (Å²) in [7, 11) is 0. The smallest absolute Gasteiger partial charge is 0.274 e. The van der Waals surface area contributed by atoms with Gasteiger partial charge in [0.05, 0.1) is 11.6 Å². The number of nitrogens with one attached hydrogen (secondary N) is 1. The Kier molecular flexibility index (Phi) is 5.19. The minimum atomic E-state index is -1.76. The number of halogens is 3. The molecule has 160 valence electrons. The van der Waals surface area contributed by atoms with Crippen LogP contribution in [0, 0.1) is 17.5 Å². The number of aliphatic hydroxyl groups is 2. The second kappa shape index (κ2) is 7.67. The van der Waals surface area contributed by atoms with Gasteiger partial charge < -0.3 is 25.3 Å². The molecule has 3 N–H and O–H groups in total. The van der Waals surface area contributed by atoms with Crippen molar-refractivity contribution >= 4 is 11.8 Å². The normalized spacial score (nSPS) is 23.7. The zero-order valence-electron chi connectivity index (χ0n) is 15.9. The molecular formula is C20H20F3N3O4. The van der Waals surface area contributed by atoms with Crippen LogP contribution in [0.5, 0.6) is 0 Å². The van der Waals surface area contributed by atoms with Crippen molar-refractivity contribution in [1.29, 1.82) is 0 Å². The highest BCUT2D eigenvalue weighted by Crippen LogP contribution is 2.34. The van der Waals surface area contributed by atoms with E-state index < -0.39 is 53.2 Å². The fourth-order valence-electron chi connectivity index (χ4n) is 4.08. The number of piperazine rings is 1. The molecule has 4 rings (SSSR count). The molecular weight excluding hydrogens is 403 g/mol. The average Bonchev–Trinajstić information content (AvgIpc) is 2.91. The van der Waals surface area contributed by atoms with Gasteiger partial charge in [-0.3, -0.25) is 9.59 Å². The number of carbonyl (C=O) groups is 2. The van der Waals surface area contributed by atoms with Gasteiger partial charge in [0.25, 0.3) is 11.8 Å². The zero-order chi connectivity index (χ0) is 21.6. The summed E-state index contributed by atoms with van der Waals surface area (Å²) >= 11 is 0. The molecule has 2 bridgehead atoms. The quantitative estimate of drug-likeness (QED) is 0.684. The summed E-state index contributed by atoms with van der Waals surface area (Å²) in [5.41, 5.74) is -0.860. The lowest BCUT2D eigenvalue weighted by Gasteiger charge is -2.43. The van der Waals surface area contributed by atoms with Gasteiger partial charge in [-0.1, -0.05) is 0 Å². The number of aliphatic hydroxyl groups excluding tert-OH is 2. The molecule has 3 aliphatic heterocycles. The summed E-state index contributed by atoms with van der Waals surface area (Å²) in [6.07, 6.45) is 1.95. The van der Waals surface area contributed by atoms with E-state index in [0.29, 0.717) is 25.2 Å². The van der Waals surface area contributed by atoms with Crippen molar-refractivity contribution in [2.24, 2.45) is 0 Å². The Balaban J connectivity index is 1.58. The van der Waals surface area contributed by atoms with Crippen LogP contribution in [-0.2, 0) is 16.1 Å². The monoisotopic (exact) mass is 423 g/mol. The van der Waals surface area contributed by atoms with Crippen LogP contribution in [0.15, 0.2) is 35.4 Å². The second-order valence-corrected chi connectivity index (χ2v) is 7.56. The van der Waals surface area contributed by atoms with E-state index in [4.69, 9.17) is 0 Å². The van der Waals surface area contributed by atoms with E-state index in [1.54, 1.807) is 4.90 Å². The molecule has 0 aromatic heterocycles. The molecule has 0 saturated carbocycles. The number of benzene rings is 1. The van der Waals surface area contributed by atoms with Crippen LogP contribution in [0.3, 0.4) is 0 Å². The number of nitrogens with zero attached hydrogens (tertiary/aromatic N) is 2. The highest BCUT2D eigenvalue weighted by molar-refractivity contribution is 5.99. The summed E-state index contributed by atoms with van der Waals surface area (Å²) in [6.45, 7) is 0.402. The van der Waals surface area contributed by atoms with Crippen molar-refractivity contribution < 1.29 is 33.0 Å².